The molecular weight excluding hydrogens is 258 g/mol. The highest BCUT2D eigenvalue weighted by atomic mass is 16.7. The van der Waals surface area contributed by atoms with Crippen molar-refractivity contribution in [3.63, 3.8) is 0 Å². The number of ether oxygens (including phenoxy) is 2. The summed E-state index contributed by atoms with van der Waals surface area (Å²) in [6.45, 7) is 2.17. The molecule has 2 aliphatic heterocycles. The van der Waals surface area contributed by atoms with E-state index in [0.717, 1.165) is 31.6 Å². The zero-order valence-electron chi connectivity index (χ0n) is 11.4. The number of nitrogens with one attached hydrogen (secondary N) is 1. The molecule has 0 atom stereocenters. The van der Waals surface area contributed by atoms with Crippen LogP contribution in [0.5, 0.6) is 11.5 Å². The van der Waals surface area contributed by atoms with Gasteiger partial charge in [0.15, 0.2) is 11.5 Å². The van der Waals surface area contributed by atoms with E-state index in [1.54, 1.807) is 18.2 Å². The van der Waals surface area contributed by atoms with Crippen LogP contribution in [0.3, 0.4) is 0 Å². The van der Waals surface area contributed by atoms with Crippen molar-refractivity contribution in [3.8, 4) is 11.5 Å². The predicted molar refractivity (Wildman–Crippen MR) is 74.2 cm³/mol. The Kier molecular flexibility index (Phi) is 3.56. The Labute approximate surface area is 117 Å². The van der Waals surface area contributed by atoms with Crippen LogP contribution in [0, 0.1) is 0 Å². The lowest BCUT2D eigenvalue weighted by Gasteiger charge is -2.22. The van der Waals surface area contributed by atoms with Gasteiger partial charge in [-0.2, -0.15) is 5.10 Å². The third-order valence-electron chi connectivity index (χ3n) is 3.51. The highest BCUT2D eigenvalue weighted by Crippen LogP contribution is 2.32. The van der Waals surface area contributed by atoms with E-state index in [9.17, 15) is 4.79 Å². The van der Waals surface area contributed by atoms with Crippen molar-refractivity contribution in [2.45, 2.75) is 12.8 Å². The number of carbonyl (C=O) groups is 1. The van der Waals surface area contributed by atoms with Crippen molar-refractivity contribution in [2.24, 2.45) is 5.10 Å². The Morgan fingerprint density at radius 3 is 2.80 bits per heavy atom. The smallest absolute Gasteiger partial charge is 0.271 e. The minimum atomic E-state index is -0.227. The third kappa shape index (κ3) is 2.75. The molecule has 1 amide bonds. The summed E-state index contributed by atoms with van der Waals surface area (Å²) < 4.78 is 10.5. The summed E-state index contributed by atoms with van der Waals surface area (Å²) in [5.41, 5.74) is 4.17. The van der Waals surface area contributed by atoms with Gasteiger partial charge in [0.2, 0.25) is 6.79 Å². The van der Waals surface area contributed by atoms with Crippen LogP contribution in [-0.2, 0) is 0 Å². The van der Waals surface area contributed by atoms with Crippen molar-refractivity contribution >= 4 is 11.6 Å². The number of carbonyl (C=O) groups excluding carboxylic acids is 1. The van der Waals surface area contributed by atoms with E-state index >= 15 is 0 Å². The molecule has 0 aromatic heterocycles. The maximum Gasteiger partial charge on any atom is 0.271 e. The van der Waals surface area contributed by atoms with Crippen LogP contribution in [0.25, 0.3) is 0 Å². The number of nitrogens with zero attached hydrogens (tertiary/aromatic N) is 2. The molecule has 1 aromatic rings. The molecule has 1 saturated heterocycles. The van der Waals surface area contributed by atoms with Gasteiger partial charge in [0.1, 0.15) is 0 Å². The summed E-state index contributed by atoms with van der Waals surface area (Å²) in [5, 5.41) is 4.21. The maximum absolute atomic E-state index is 12.0. The van der Waals surface area contributed by atoms with Crippen molar-refractivity contribution in [2.75, 3.05) is 26.9 Å². The van der Waals surface area contributed by atoms with Crippen molar-refractivity contribution < 1.29 is 14.3 Å². The van der Waals surface area contributed by atoms with Gasteiger partial charge in [-0.1, -0.05) is 0 Å². The number of hydrazone groups is 1. The molecule has 1 aromatic carbocycles. The first kappa shape index (κ1) is 12.9. The average Bonchev–Trinajstić information content (AvgIpc) is 2.93. The molecule has 106 valence electrons. The molecular formula is C14H17N3O3. The molecule has 0 aliphatic carbocycles. The minimum Gasteiger partial charge on any atom is -0.454 e. The van der Waals surface area contributed by atoms with Gasteiger partial charge in [0.05, 0.1) is 0 Å². The molecule has 0 spiro atoms. The number of benzene rings is 1. The van der Waals surface area contributed by atoms with Gasteiger partial charge in [-0.25, -0.2) is 5.43 Å². The largest absolute Gasteiger partial charge is 0.454 e. The van der Waals surface area contributed by atoms with E-state index in [2.05, 4.69) is 22.5 Å². The number of amides is 1. The molecule has 0 bridgehead atoms. The molecule has 6 heteroatoms. The SMILES string of the molecule is CN1CCC(=NNC(=O)c2ccc3c(c2)OCO3)CC1. The molecule has 6 nitrogen and oxygen atoms in total. The Morgan fingerprint density at radius 1 is 1.25 bits per heavy atom. The topological polar surface area (TPSA) is 63.2 Å². The standard InChI is InChI=1S/C14H17N3O3/c1-17-6-4-11(5-7-17)15-16-14(18)10-2-3-12-13(8-10)20-9-19-12/h2-3,8H,4-7,9H2,1H3,(H,16,18). The van der Waals surface area contributed by atoms with Gasteiger partial charge in [0, 0.05) is 37.2 Å². The first-order valence-electron chi connectivity index (χ1n) is 6.66. The van der Waals surface area contributed by atoms with Gasteiger partial charge < -0.3 is 14.4 Å². The minimum absolute atomic E-state index is 0.205. The molecule has 2 aliphatic rings. The predicted octanol–water partition coefficient (Wildman–Crippen LogP) is 1.23. The first-order valence-corrected chi connectivity index (χ1v) is 6.66. The molecule has 0 radical (unpaired) electrons. The maximum atomic E-state index is 12.0. The van der Waals surface area contributed by atoms with Crippen LogP contribution < -0.4 is 14.9 Å². The van der Waals surface area contributed by atoms with Crippen LogP contribution in [0.1, 0.15) is 23.2 Å². The fourth-order valence-corrected chi connectivity index (χ4v) is 2.22. The van der Waals surface area contributed by atoms with E-state index in [4.69, 9.17) is 9.47 Å². The Bertz CT molecular complexity index is 547. The zero-order valence-corrected chi connectivity index (χ0v) is 11.4. The quantitative estimate of drug-likeness (QED) is 0.825. The molecule has 20 heavy (non-hydrogen) atoms. The monoisotopic (exact) mass is 275 g/mol. The second-order valence-electron chi connectivity index (χ2n) is 4.99. The summed E-state index contributed by atoms with van der Waals surface area (Å²) >= 11 is 0. The highest BCUT2D eigenvalue weighted by Gasteiger charge is 2.16. The van der Waals surface area contributed by atoms with Crippen LogP contribution in [-0.4, -0.2) is 43.4 Å². The van der Waals surface area contributed by atoms with E-state index in [1.807, 2.05) is 0 Å². The summed E-state index contributed by atoms with van der Waals surface area (Å²) in [6, 6.07) is 5.12. The van der Waals surface area contributed by atoms with E-state index < -0.39 is 0 Å². The highest BCUT2D eigenvalue weighted by molar-refractivity contribution is 5.96. The third-order valence-corrected chi connectivity index (χ3v) is 3.51. The Morgan fingerprint density at radius 2 is 2.00 bits per heavy atom. The number of likely N-dealkylation sites (tertiary alicyclic amines) is 1. The normalized spacial score (nSPS) is 17.9. The zero-order chi connectivity index (χ0) is 13.9. The number of rotatable bonds is 2. The molecule has 1 fully saturated rings. The van der Waals surface area contributed by atoms with Gasteiger partial charge in [-0.05, 0) is 25.2 Å². The van der Waals surface area contributed by atoms with Crippen molar-refractivity contribution in [1.82, 2.24) is 10.3 Å². The Hall–Kier alpha value is -2.08. The van der Waals surface area contributed by atoms with Crippen LogP contribution >= 0.6 is 0 Å². The molecule has 3 rings (SSSR count). The van der Waals surface area contributed by atoms with Gasteiger partial charge in [-0.3, -0.25) is 4.79 Å². The van der Waals surface area contributed by atoms with Crippen LogP contribution in [0.15, 0.2) is 23.3 Å². The fraction of sp³-hybridized carbons (Fsp3) is 0.429. The lowest BCUT2D eigenvalue weighted by Crippen LogP contribution is -2.32. The molecule has 1 N–H and O–H groups in total. The lowest BCUT2D eigenvalue weighted by atomic mass is 10.1. The lowest BCUT2D eigenvalue weighted by molar-refractivity contribution is 0.0954. The molecule has 0 unspecified atom stereocenters. The average molecular weight is 275 g/mol. The van der Waals surface area contributed by atoms with Crippen molar-refractivity contribution in [3.05, 3.63) is 23.8 Å². The van der Waals surface area contributed by atoms with Gasteiger partial charge in [-0.15, -0.1) is 0 Å². The van der Waals surface area contributed by atoms with E-state index in [-0.39, 0.29) is 12.7 Å². The summed E-state index contributed by atoms with van der Waals surface area (Å²) in [7, 11) is 2.09. The van der Waals surface area contributed by atoms with Gasteiger partial charge >= 0.3 is 0 Å². The number of hydrogen-bond donors (Lipinski definition) is 1. The van der Waals surface area contributed by atoms with E-state index in [0.29, 0.717) is 17.1 Å². The molecule has 0 saturated carbocycles. The molecule has 2 heterocycles. The van der Waals surface area contributed by atoms with Crippen molar-refractivity contribution in [1.29, 1.82) is 0 Å². The number of hydrogen-bond acceptors (Lipinski definition) is 5. The van der Waals surface area contributed by atoms with Crippen LogP contribution in [0.2, 0.25) is 0 Å². The summed E-state index contributed by atoms with van der Waals surface area (Å²) in [6.07, 6.45) is 1.80. The number of piperidine rings is 1. The Balaban J connectivity index is 1.63. The van der Waals surface area contributed by atoms with Gasteiger partial charge in [0.25, 0.3) is 5.91 Å². The number of fused-ring (bicyclic) bond motifs is 1. The summed E-state index contributed by atoms with van der Waals surface area (Å²) in [5.74, 6) is 1.04. The fourth-order valence-electron chi connectivity index (χ4n) is 2.22. The second kappa shape index (κ2) is 5.50. The first-order chi connectivity index (χ1) is 9.72. The second-order valence-corrected chi connectivity index (χ2v) is 4.99. The van der Waals surface area contributed by atoms with E-state index in [1.165, 1.54) is 0 Å². The van der Waals surface area contributed by atoms with Crippen LogP contribution in [0.4, 0.5) is 0 Å². The summed E-state index contributed by atoms with van der Waals surface area (Å²) in [4.78, 5) is 14.3.